The number of benzene rings is 1. The smallest absolute Gasteiger partial charge is 0.410 e. The predicted octanol–water partition coefficient (Wildman–Crippen LogP) is 4.11. The van der Waals surface area contributed by atoms with Crippen molar-refractivity contribution in [1.82, 2.24) is 4.90 Å². The quantitative estimate of drug-likeness (QED) is 0.772. The molecule has 1 saturated heterocycles. The first-order valence-corrected chi connectivity index (χ1v) is 7.40. The Balaban J connectivity index is 1.93. The Bertz CT molecular complexity index is 468. The van der Waals surface area contributed by atoms with Crippen molar-refractivity contribution in [2.75, 3.05) is 13.1 Å². The maximum Gasteiger partial charge on any atom is 0.410 e. The van der Waals surface area contributed by atoms with Crippen LogP contribution in [0.3, 0.4) is 0 Å². The van der Waals surface area contributed by atoms with Gasteiger partial charge in [0.15, 0.2) is 0 Å². The highest BCUT2D eigenvalue weighted by atomic mass is 16.6. The summed E-state index contributed by atoms with van der Waals surface area (Å²) in [6, 6.07) is 8.55. The fourth-order valence-corrected chi connectivity index (χ4v) is 2.74. The molecular weight excluding hydrogens is 250 g/mol. The van der Waals surface area contributed by atoms with Crippen LogP contribution in [-0.4, -0.2) is 29.7 Å². The van der Waals surface area contributed by atoms with E-state index in [1.165, 1.54) is 11.1 Å². The summed E-state index contributed by atoms with van der Waals surface area (Å²) in [5.74, 6) is 0.565. The van der Waals surface area contributed by atoms with Crippen LogP contribution in [0.4, 0.5) is 4.79 Å². The van der Waals surface area contributed by atoms with Crippen molar-refractivity contribution < 1.29 is 9.53 Å². The number of aryl methyl sites for hydroxylation is 1. The molecule has 1 aromatic rings. The van der Waals surface area contributed by atoms with Crippen LogP contribution in [0.2, 0.25) is 0 Å². The van der Waals surface area contributed by atoms with E-state index in [1.807, 2.05) is 25.7 Å². The molecule has 0 atom stereocenters. The lowest BCUT2D eigenvalue weighted by atomic mass is 9.87. The average molecular weight is 275 g/mol. The van der Waals surface area contributed by atoms with Gasteiger partial charge in [0.25, 0.3) is 0 Å². The van der Waals surface area contributed by atoms with E-state index >= 15 is 0 Å². The normalized spacial score (nSPS) is 17.1. The molecule has 0 aromatic heterocycles. The van der Waals surface area contributed by atoms with E-state index in [-0.39, 0.29) is 6.09 Å². The molecule has 0 unspecified atom stereocenters. The van der Waals surface area contributed by atoms with Crippen LogP contribution in [0.5, 0.6) is 0 Å². The number of carbonyl (C=O) groups is 1. The summed E-state index contributed by atoms with van der Waals surface area (Å²) < 4.78 is 5.43. The Labute approximate surface area is 121 Å². The molecule has 1 aliphatic rings. The van der Waals surface area contributed by atoms with Crippen LogP contribution in [0.25, 0.3) is 0 Å². The Morgan fingerprint density at radius 2 is 1.80 bits per heavy atom. The van der Waals surface area contributed by atoms with Crippen molar-refractivity contribution in [1.29, 1.82) is 0 Å². The van der Waals surface area contributed by atoms with Crippen LogP contribution in [-0.2, 0) is 4.74 Å². The third-order valence-electron chi connectivity index (χ3n) is 3.77. The molecule has 110 valence electrons. The molecule has 1 amide bonds. The number of hydrogen-bond donors (Lipinski definition) is 0. The van der Waals surface area contributed by atoms with E-state index in [1.54, 1.807) is 0 Å². The van der Waals surface area contributed by atoms with Gasteiger partial charge >= 0.3 is 6.09 Å². The minimum absolute atomic E-state index is 0.180. The summed E-state index contributed by atoms with van der Waals surface area (Å²) >= 11 is 0. The second-order valence-electron chi connectivity index (χ2n) is 6.60. The summed E-state index contributed by atoms with van der Waals surface area (Å²) in [7, 11) is 0. The number of ether oxygens (including phenoxy) is 1. The maximum absolute atomic E-state index is 12.0. The first kappa shape index (κ1) is 14.9. The maximum atomic E-state index is 12.0. The van der Waals surface area contributed by atoms with Gasteiger partial charge < -0.3 is 9.64 Å². The zero-order valence-corrected chi connectivity index (χ0v) is 13.0. The Kier molecular flexibility index (Phi) is 4.36. The molecule has 2 rings (SSSR count). The molecule has 0 bridgehead atoms. The zero-order valence-electron chi connectivity index (χ0n) is 13.0. The highest BCUT2D eigenvalue weighted by Crippen LogP contribution is 2.30. The van der Waals surface area contributed by atoms with E-state index < -0.39 is 5.60 Å². The van der Waals surface area contributed by atoms with Gasteiger partial charge in [0.1, 0.15) is 5.60 Å². The number of piperidine rings is 1. The van der Waals surface area contributed by atoms with E-state index in [2.05, 4.69) is 31.2 Å². The first-order chi connectivity index (χ1) is 9.37. The van der Waals surface area contributed by atoms with Crippen LogP contribution in [0, 0.1) is 6.92 Å². The topological polar surface area (TPSA) is 29.5 Å². The zero-order chi connectivity index (χ0) is 14.8. The van der Waals surface area contributed by atoms with E-state index in [0.29, 0.717) is 5.92 Å². The summed E-state index contributed by atoms with van der Waals surface area (Å²) in [6.07, 6.45) is 1.86. The van der Waals surface area contributed by atoms with Gasteiger partial charge in [-0.05, 0) is 57.6 Å². The number of likely N-dealkylation sites (tertiary alicyclic amines) is 1. The highest BCUT2D eigenvalue weighted by molar-refractivity contribution is 5.68. The van der Waals surface area contributed by atoms with E-state index in [0.717, 1.165) is 25.9 Å². The van der Waals surface area contributed by atoms with Crippen LogP contribution in [0.15, 0.2) is 24.3 Å². The molecular formula is C17H25NO2. The molecule has 0 N–H and O–H groups in total. The lowest BCUT2D eigenvalue weighted by molar-refractivity contribution is 0.0205. The van der Waals surface area contributed by atoms with Crippen molar-refractivity contribution in [2.45, 2.75) is 52.1 Å². The molecule has 1 fully saturated rings. The SMILES string of the molecule is Cc1ccccc1C1CCN(C(=O)OC(C)(C)C)CC1. The monoisotopic (exact) mass is 275 g/mol. The van der Waals surface area contributed by atoms with Gasteiger partial charge in [0.2, 0.25) is 0 Å². The number of carbonyl (C=O) groups excluding carboxylic acids is 1. The van der Waals surface area contributed by atoms with Gasteiger partial charge in [-0.15, -0.1) is 0 Å². The van der Waals surface area contributed by atoms with Gasteiger partial charge in [-0.3, -0.25) is 0 Å². The summed E-state index contributed by atoms with van der Waals surface area (Å²) in [6.45, 7) is 9.46. The predicted molar refractivity (Wildman–Crippen MR) is 81.0 cm³/mol. The second kappa shape index (κ2) is 5.86. The fourth-order valence-electron chi connectivity index (χ4n) is 2.74. The Morgan fingerprint density at radius 1 is 1.20 bits per heavy atom. The van der Waals surface area contributed by atoms with Crippen LogP contribution >= 0.6 is 0 Å². The molecule has 3 heteroatoms. The Hall–Kier alpha value is -1.51. The molecule has 0 radical (unpaired) electrons. The van der Waals surface area contributed by atoms with Crippen molar-refractivity contribution in [3.05, 3.63) is 35.4 Å². The van der Waals surface area contributed by atoms with Gasteiger partial charge in [-0.1, -0.05) is 24.3 Å². The van der Waals surface area contributed by atoms with Gasteiger partial charge in [0, 0.05) is 13.1 Å². The van der Waals surface area contributed by atoms with Crippen LogP contribution < -0.4 is 0 Å². The van der Waals surface area contributed by atoms with Crippen molar-refractivity contribution in [3.8, 4) is 0 Å². The number of nitrogens with zero attached hydrogens (tertiary/aromatic N) is 1. The Morgan fingerprint density at radius 3 is 2.35 bits per heavy atom. The van der Waals surface area contributed by atoms with Crippen molar-refractivity contribution >= 4 is 6.09 Å². The number of amides is 1. The molecule has 3 nitrogen and oxygen atoms in total. The molecule has 20 heavy (non-hydrogen) atoms. The fraction of sp³-hybridized carbons (Fsp3) is 0.588. The summed E-state index contributed by atoms with van der Waals surface area (Å²) in [5, 5.41) is 0. The first-order valence-electron chi connectivity index (χ1n) is 7.40. The summed E-state index contributed by atoms with van der Waals surface area (Å²) in [4.78, 5) is 13.9. The lowest BCUT2D eigenvalue weighted by Gasteiger charge is -2.34. The average Bonchev–Trinajstić information content (AvgIpc) is 2.37. The molecule has 0 saturated carbocycles. The molecule has 1 aromatic carbocycles. The molecule has 1 aliphatic heterocycles. The minimum Gasteiger partial charge on any atom is -0.444 e. The van der Waals surface area contributed by atoms with Crippen molar-refractivity contribution in [2.24, 2.45) is 0 Å². The highest BCUT2D eigenvalue weighted by Gasteiger charge is 2.27. The standard InChI is InChI=1S/C17H25NO2/c1-13-7-5-6-8-15(13)14-9-11-18(12-10-14)16(19)20-17(2,3)4/h5-8,14H,9-12H2,1-4H3. The van der Waals surface area contributed by atoms with Crippen LogP contribution in [0.1, 0.15) is 50.7 Å². The molecule has 0 spiro atoms. The van der Waals surface area contributed by atoms with Crippen molar-refractivity contribution in [3.63, 3.8) is 0 Å². The number of rotatable bonds is 1. The van der Waals surface area contributed by atoms with E-state index in [4.69, 9.17) is 4.74 Å². The third-order valence-corrected chi connectivity index (χ3v) is 3.77. The van der Waals surface area contributed by atoms with Gasteiger partial charge in [-0.25, -0.2) is 4.79 Å². The lowest BCUT2D eigenvalue weighted by Crippen LogP contribution is -2.41. The summed E-state index contributed by atoms with van der Waals surface area (Å²) in [5.41, 5.74) is 2.36. The van der Waals surface area contributed by atoms with Gasteiger partial charge in [-0.2, -0.15) is 0 Å². The largest absolute Gasteiger partial charge is 0.444 e. The minimum atomic E-state index is -0.413. The third kappa shape index (κ3) is 3.75. The molecule has 0 aliphatic carbocycles. The second-order valence-corrected chi connectivity index (χ2v) is 6.60. The van der Waals surface area contributed by atoms with E-state index in [9.17, 15) is 4.79 Å². The molecule has 1 heterocycles. The van der Waals surface area contributed by atoms with Gasteiger partial charge in [0.05, 0.1) is 0 Å². The number of hydrogen-bond acceptors (Lipinski definition) is 2.